The van der Waals surface area contributed by atoms with Crippen LogP contribution in [-0.4, -0.2) is 6.61 Å². The minimum absolute atomic E-state index is 0.0185. The molecular formula is C28H40F2O. The van der Waals surface area contributed by atoms with E-state index in [1.807, 2.05) is 0 Å². The normalized spacial score (nSPS) is 24.4. The Balaban J connectivity index is 1.40. The fraction of sp³-hybridized carbons (Fsp3) is 0.643. The maximum Gasteiger partial charge on any atom is 0.200 e. The molecule has 1 nitrogen and oxygen atoms in total. The lowest BCUT2D eigenvalue weighted by molar-refractivity contribution is 0.310. The van der Waals surface area contributed by atoms with Crippen molar-refractivity contribution in [2.45, 2.75) is 96.8 Å². The van der Waals surface area contributed by atoms with E-state index in [2.05, 4.69) is 25.2 Å². The van der Waals surface area contributed by atoms with Crippen molar-refractivity contribution < 1.29 is 13.5 Å². The summed E-state index contributed by atoms with van der Waals surface area (Å²) in [4.78, 5) is 0. The molecule has 1 unspecified atom stereocenters. The Morgan fingerprint density at radius 2 is 1.84 bits per heavy atom. The summed E-state index contributed by atoms with van der Waals surface area (Å²) in [6.07, 6.45) is 21.5. The van der Waals surface area contributed by atoms with Gasteiger partial charge in [-0.15, -0.1) is 0 Å². The molecule has 1 atom stereocenters. The van der Waals surface area contributed by atoms with Crippen molar-refractivity contribution in [3.05, 3.63) is 53.1 Å². The zero-order chi connectivity index (χ0) is 22.1. The van der Waals surface area contributed by atoms with Gasteiger partial charge in [-0.05, 0) is 94.1 Å². The van der Waals surface area contributed by atoms with Gasteiger partial charge in [-0.1, -0.05) is 56.1 Å². The molecule has 172 valence electrons. The van der Waals surface area contributed by atoms with Crippen LogP contribution in [0.25, 0.3) is 0 Å². The number of halogens is 2. The van der Waals surface area contributed by atoms with E-state index < -0.39 is 11.6 Å². The Morgan fingerprint density at radius 3 is 2.52 bits per heavy atom. The highest BCUT2D eigenvalue weighted by molar-refractivity contribution is 5.33. The second kappa shape index (κ2) is 12.4. The molecule has 0 aromatic heterocycles. The molecule has 0 aliphatic heterocycles. The maximum absolute atomic E-state index is 14.5. The minimum atomic E-state index is -0.838. The van der Waals surface area contributed by atoms with E-state index in [0.29, 0.717) is 18.1 Å². The van der Waals surface area contributed by atoms with E-state index in [1.165, 1.54) is 44.9 Å². The highest BCUT2D eigenvalue weighted by atomic mass is 19.2. The fourth-order valence-electron chi connectivity index (χ4n) is 5.23. The SMILES string of the molecule is CCCCC1CC=C(CCC=CC2CCC(c3ccc(OCC)c(F)c3F)CC2)CC1. The van der Waals surface area contributed by atoms with E-state index in [9.17, 15) is 8.78 Å². The summed E-state index contributed by atoms with van der Waals surface area (Å²) in [5, 5.41) is 0. The first-order valence-electron chi connectivity index (χ1n) is 12.6. The molecular weight excluding hydrogens is 390 g/mol. The van der Waals surface area contributed by atoms with Crippen molar-refractivity contribution >= 4 is 0 Å². The average molecular weight is 431 g/mol. The summed E-state index contributed by atoms with van der Waals surface area (Å²) >= 11 is 0. The lowest BCUT2D eigenvalue weighted by Crippen LogP contribution is -2.14. The Morgan fingerprint density at radius 1 is 1.03 bits per heavy atom. The van der Waals surface area contributed by atoms with Crippen molar-refractivity contribution in [2.75, 3.05) is 6.61 Å². The number of allylic oxidation sites excluding steroid dienone is 4. The molecule has 1 saturated carbocycles. The van der Waals surface area contributed by atoms with Crippen LogP contribution in [0.5, 0.6) is 5.75 Å². The average Bonchev–Trinajstić information content (AvgIpc) is 2.80. The van der Waals surface area contributed by atoms with E-state index in [1.54, 1.807) is 24.6 Å². The predicted molar refractivity (Wildman–Crippen MR) is 126 cm³/mol. The number of unbranched alkanes of at least 4 members (excludes halogenated alkanes) is 1. The van der Waals surface area contributed by atoms with Gasteiger partial charge in [0.2, 0.25) is 5.82 Å². The maximum atomic E-state index is 14.5. The van der Waals surface area contributed by atoms with Gasteiger partial charge in [0.25, 0.3) is 0 Å². The number of hydrogen-bond acceptors (Lipinski definition) is 1. The quantitative estimate of drug-likeness (QED) is 0.337. The highest BCUT2D eigenvalue weighted by Crippen LogP contribution is 2.39. The standard InChI is InChI=1S/C28H40F2O/c1-3-5-8-21-11-13-22(14-12-21)9-6-7-10-23-15-17-24(18-16-23)25-19-20-26(31-4-2)28(30)27(25)29/h7,10,13,19-21,23-24H,3-6,8-9,11-12,14-18H2,1-2H3. The van der Waals surface area contributed by atoms with Crippen molar-refractivity contribution in [1.82, 2.24) is 0 Å². The van der Waals surface area contributed by atoms with Crippen LogP contribution in [0, 0.1) is 23.5 Å². The predicted octanol–water partition coefficient (Wildman–Crippen LogP) is 8.89. The Hall–Kier alpha value is -1.64. The molecule has 0 N–H and O–H groups in total. The lowest BCUT2D eigenvalue weighted by atomic mass is 9.78. The fourth-order valence-corrected chi connectivity index (χ4v) is 5.23. The molecule has 31 heavy (non-hydrogen) atoms. The summed E-state index contributed by atoms with van der Waals surface area (Å²) in [7, 11) is 0. The zero-order valence-corrected chi connectivity index (χ0v) is 19.5. The molecule has 0 saturated heterocycles. The number of hydrogen-bond donors (Lipinski definition) is 0. The van der Waals surface area contributed by atoms with Gasteiger partial charge >= 0.3 is 0 Å². The minimum Gasteiger partial charge on any atom is -0.491 e. The van der Waals surface area contributed by atoms with Crippen LogP contribution in [0.2, 0.25) is 0 Å². The van der Waals surface area contributed by atoms with Crippen molar-refractivity contribution in [3.63, 3.8) is 0 Å². The first-order chi connectivity index (χ1) is 15.1. The highest BCUT2D eigenvalue weighted by Gasteiger charge is 2.25. The first kappa shape index (κ1) is 24.0. The topological polar surface area (TPSA) is 9.23 Å². The summed E-state index contributed by atoms with van der Waals surface area (Å²) in [6, 6.07) is 3.30. The summed E-state index contributed by atoms with van der Waals surface area (Å²) in [5.74, 6) is 0.0687. The van der Waals surface area contributed by atoms with Crippen molar-refractivity contribution in [1.29, 1.82) is 0 Å². The molecule has 1 aromatic rings. The van der Waals surface area contributed by atoms with Crippen LogP contribution in [0.15, 0.2) is 35.9 Å². The molecule has 0 radical (unpaired) electrons. The van der Waals surface area contributed by atoms with E-state index in [4.69, 9.17) is 4.74 Å². The molecule has 2 aliphatic carbocycles. The second-order valence-corrected chi connectivity index (χ2v) is 9.44. The molecule has 1 aromatic carbocycles. The van der Waals surface area contributed by atoms with Gasteiger partial charge in [-0.3, -0.25) is 0 Å². The van der Waals surface area contributed by atoms with Crippen molar-refractivity contribution in [2.24, 2.45) is 11.8 Å². The number of ether oxygens (including phenoxy) is 1. The van der Waals surface area contributed by atoms with Crippen LogP contribution in [0.3, 0.4) is 0 Å². The Bertz CT molecular complexity index is 744. The summed E-state index contributed by atoms with van der Waals surface area (Å²) in [6.45, 7) is 4.39. The molecule has 0 spiro atoms. The van der Waals surface area contributed by atoms with Gasteiger partial charge in [-0.2, -0.15) is 4.39 Å². The molecule has 0 amide bonds. The molecule has 0 heterocycles. The van der Waals surface area contributed by atoms with Gasteiger partial charge in [0.15, 0.2) is 11.6 Å². The van der Waals surface area contributed by atoms with Crippen LogP contribution < -0.4 is 4.74 Å². The monoisotopic (exact) mass is 430 g/mol. The second-order valence-electron chi connectivity index (χ2n) is 9.44. The Kier molecular flexibility index (Phi) is 9.61. The summed E-state index contributed by atoms with van der Waals surface area (Å²) in [5.41, 5.74) is 2.17. The molecule has 3 rings (SSSR count). The van der Waals surface area contributed by atoms with Crippen LogP contribution >= 0.6 is 0 Å². The number of rotatable bonds is 10. The number of benzene rings is 1. The first-order valence-corrected chi connectivity index (χ1v) is 12.6. The summed E-state index contributed by atoms with van der Waals surface area (Å²) < 4.78 is 33.9. The van der Waals surface area contributed by atoms with E-state index >= 15 is 0 Å². The third kappa shape index (κ3) is 6.92. The van der Waals surface area contributed by atoms with Gasteiger partial charge in [0.05, 0.1) is 6.61 Å². The molecule has 0 bridgehead atoms. The lowest BCUT2D eigenvalue weighted by Gasteiger charge is -2.27. The van der Waals surface area contributed by atoms with E-state index in [-0.39, 0.29) is 11.7 Å². The molecule has 1 fully saturated rings. The third-order valence-corrected chi connectivity index (χ3v) is 7.21. The van der Waals surface area contributed by atoms with Crippen LogP contribution in [0.4, 0.5) is 8.78 Å². The molecule has 3 heteroatoms. The van der Waals surface area contributed by atoms with Gasteiger partial charge in [-0.25, -0.2) is 4.39 Å². The van der Waals surface area contributed by atoms with E-state index in [0.717, 1.165) is 38.0 Å². The smallest absolute Gasteiger partial charge is 0.200 e. The zero-order valence-electron chi connectivity index (χ0n) is 19.5. The largest absolute Gasteiger partial charge is 0.491 e. The Labute approximate surface area is 188 Å². The van der Waals surface area contributed by atoms with Crippen LogP contribution in [0.1, 0.15) is 102 Å². The third-order valence-electron chi connectivity index (χ3n) is 7.21. The van der Waals surface area contributed by atoms with Gasteiger partial charge in [0, 0.05) is 0 Å². The van der Waals surface area contributed by atoms with Gasteiger partial charge < -0.3 is 4.74 Å². The van der Waals surface area contributed by atoms with Crippen molar-refractivity contribution in [3.8, 4) is 5.75 Å². The van der Waals surface area contributed by atoms with Crippen LogP contribution in [-0.2, 0) is 0 Å². The molecule has 2 aliphatic rings. The van der Waals surface area contributed by atoms with Gasteiger partial charge in [0.1, 0.15) is 0 Å².